The predicted octanol–water partition coefficient (Wildman–Crippen LogP) is -1.07. The van der Waals surface area contributed by atoms with Gasteiger partial charge in [-0.25, -0.2) is 0 Å². The van der Waals surface area contributed by atoms with E-state index in [0.29, 0.717) is 25.8 Å². The van der Waals surface area contributed by atoms with Crippen LogP contribution in [0, 0.1) is 0 Å². The third-order valence-corrected chi connectivity index (χ3v) is 3.14. The number of carbonyl (C=O) groups excluding carboxylic acids is 4. The molecule has 2 aliphatic rings. The fraction of sp³-hybridized carbons (Fsp3) is 0.636. The third kappa shape index (κ3) is 2.20. The molecule has 2 aliphatic heterocycles. The Morgan fingerprint density at radius 3 is 2.65 bits per heavy atom. The Labute approximate surface area is 98.3 Å². The average molecular weight is 237 g/mol. The second-order valence-corrected chi connectivity index (χ2v) is 4.27. The molecule has 0 aromatic heterocycles. The van der Waals surface area contributed by atoms with Gasteiger partial charge in [-0.05, 0) is 12.8 Å². The Bertz CT molecular complexity index is 380. The van der Waals surface area contributed by atoms with Crippen molar-refractivity contribution < 1.29 is 19.2 Å². The van der Waals surface area contributed by atoms with Crippen LogP contribution in [0.5, 0.6) is 0 Å². The number of rotatable bonds is 4. The van der Waals surface area contributed by atoms with Crippen LogP contribution in [0.2, 0.25) is 0 Å². The summed E-state index contributed by atoms with van der Waals surface area (Å²) in [5.74, 6) is -0.821. The van der Waals surface area contributed by atoms with Crippen LogP contribution in [0.4, 0.5) is 0 Å². The molecule has 2 amide bonds. The summed E-state index contributed by atoms with van der Waals surface area (Å²) in [7, 11) is 0. The first-order valence-corrected chi connectivity index (χ1v) is 5.63. The number of nitrogens with one attached hydrogen (secondary N) is 1. The van der Waals surface area contributed by atoms with Crippen molar-refractivity contribution in [1.29, 1.82) is 0 Å². The molecule has 2 heterocycles. The number of amides is 2. The number of hydrogen-bond acceptors (Lipinski definition) is 4. The molecule has 17 heavy (non-hydrogen) atoms. The smallest absolute Gasteiger partial charge is 0.231 e. The van der Waals surface area contributed by atoms with Crippen LogP contribution in [0.15, 0.2) is 0 Å². The molecule has 0 aromatic rings. The van der Waals surface area contributed by atoms with Crippen molar-refractivity contribution >= 4 is 23.9 Å². The van der Waals surface area contributed by atoms with E-state index in [-0.39, 0.29) is 18.2 Å². The second kappa shape index (κ2) is 4.65. The Kier molecular flexibility index (Phi) is 3.21. The quantitative estimate of drug-likeness (QED) is 0.631. The van der Waals surface area contributed by atoms with Gasteiger partial charge in [0.15, 0.2) is 11.8 Å². The monoisotopic (exact) mass is 237 g/mol. The van der Waals surface area contributed by atoms with E-state index in [1.165, 1.54) is 4.90 Å². The first-order valence-electron chi connectivity index (χ1n) is 5.63. The SMILES string of the molecule is O=[C]C(C(=O)[C@@H]1CCC(=O)N1)N1CCCC1=O. The van der Waals surface area contributed by atoms with Gasteiger partial charge in [0.1, 0.15) is 0 Å². The van der Waals surface area contributed by atoms with Gasteiger partial charge in [-0.2, -0.15) is 0 Å². The van der Waals surface area contributed by atoms with Crippen molar-refractivity contribution in [2.24, 2.45) is 0 Å². The summed E-state index contributed by atoms with van der Waals surface area (Å²) < 4.78 is 0. The lowest BCUT2D eigenvalue weighted by molar-refractivity contribution is -0.135. The van der Waals surface area contributed by atoms with Gasteiger partial charge in [-0.3, -0.25) is 19.2 Å². The van der Waals surface area contributed by atoms with Crippen LogP contribution < -0.4 is 5.32 Å². The van der Waals surface area contributed by atoms with Crippen LogP contribution >= 0.6 is 0 Å². The zero-order valence-corrected chi connectivity index (χ0v) is 9.27. The van der Waals surface area contributed by atoms with Crippen molar-refractivity contribution in [3.63, 3.8) is 0 Å². The van der Waals surface area contributed by atoms with Gasteiger partial charge in [0.2, 0.25) is 18.1 Å². The lowest BCUT2D eigenvalue weighted by Crippen LogP contribution is -2.50. The molecule has 1 N–H and O–H groups in total. The number of nitrogens with zero attached hydrogens (tertiary/aromatic N) is 1. The van der Waals surface area contributed by atoms with E-state index >= 15 is 0 Å². The molecule has 1 unspecified atom stereocenters. The fourth-order valence-electron chi connectivity index (χ4n) is 2.24. The van der Waals surface area contributed by atoms with Gasteiger partial charge < -0.3 is 10.2 Å². The Morgan fingerprint density at radius 1 is 1.41 bits per heavy atom. The first kappa shape index (κ1) is 11.8. The minimum absolute atomic E-state index is 0.194. The zero-order chi connectivity index (χ0) is 12.4. The number of carbonyl (C=O) groups is 3. The molecular formula is C11H13N2O4. The molecule has 2 fully saturated rings. The van der Waals surface area contributed by atoms with Gasteiger partial charge in [0, 0.05) is 19.4 Å². The summed E-state index contributed by atoms with van der Waals surface area (Å²) in [5.41, 5.74) is 0. The zero-order valence-electron chi connectivity index (χ0n) is 9.27. The molecule has 6 heteroatoms. The molecule has 0 spiro atoms. The van der Waals surface area contributed by atoms with Crippen molar-refractivity contribution in [1.82, 2.24) is 10.2 Å². The molecule has 91 valence electrons. The largest absolute Gasteiger partial charge is 0.346 e. The Hall–Kier alpha value is -1.72. The van der Waals surface area contributed by atoms with Crippen LogP contribution in [0.25, 0.3) is 0 Å². The molecule has 0 aromatic carbocycles. The predicted molar refractivity (Wildman–Crippen MR) is 56.6 cm³/mol. The Balaban J connectivity index is 2.07. The highest BCUT2D eigenvalue weighted by atomic mass is 16.2. The maximum Gasteiger partial charge on any atom is 0.231 e. The van der Waals surface area contributed by atoms with Crippen molar-refractivity contribution in [2.75, 3.05) is 6.54 Å². The molecular weight excluding hydrogens is 224 g/mol. The second-order valence-electron chi connectivity index (χ2n) is 4.27. The Morgan fingerprint density at radius 2 is 2.18 bits per heavy atom. The van der Waals surface area contributed by atoms with Crippen LogP contribution in [-0.2, 0) is 19.2 Å². The van der Waals surface area contributed by atoms with Crippen LogP contribution in [-0.4, -0.2) is 47.4 Å². The van der Waals surface area contributed by atoms with Crippen molar-refractivity contribution in [2.45, 2.75) is 37.8 Å². The van der Waals surface area contributed by atoms with E-state index < -0.39 is 17.9 Å². The average Bonchev–Trinajstić information content (AvgIpc) is 2.90. The summed E-state index contributed by atoms with van der Waals surface area (Å²) in [5, 5.41) is 2.50. The fourth-order valence-corrected chi connectivity index (χ4v) is 2.24. The van der Waals surface area contributed by atoms with E-state index in [0.717, 1.165) is 0 Å². The molecule has 6 nitrogen and oxygen atoms in total. The van der Waals surface area contributed by atoms with Gasteiger partial charge in [0.05, 0.1) is 6.04 Å². The summed E-state index contributed by atoms with van der Waals surface area (Å²) in [6, 6.07) is -1.81. The van der Waals surface area contributed by atoms with E-state index in [1.54, 1.807) is 6.29 Å². The number of Topliss-reactive ketones (excluding diaryl/α,β-unsaturated/α-hetero) is 1. The molecule has 2 rings (SSSR count). The normalized spacial score (nSPS) is 25.9. The summed E-state index contributed by atoms with van der Waals surface area (Å²) >= 11 is 0. The number of likely N-dealkylation sites (tertiary alicyclic amines) is 1. The minimum atomic E-state index is -1.16. The topological polar surface area (TPSA) is 83.6 Å². The molecule has 0 saturated carbocycles. The first-order chi connectivity index (χ1) is 8.13. The lowest BCUT2D eigenvalue weighted by Gasteiger charge is -2.23. The minimum Gasteiger partial charge on any atom is -0.346 e. The highest BCUT2D eigenvalue weighted by Gasteiger charge is 2.38. The van der Waals surface area contributed by atoms with Crippen molar-refractivity contribution in [3.8, 4) is 0 Å². The van der Waals surface area contributed by atoms with Gasteiger partial charge in [-0.1, -0.05) is 0 Å². The van der Waals surface area contributed by atoms with Gasteiger partial charge in [-0.15, -0.1) is 0 Å². The van der Waals surface area contributed by atoms with Crippen molar-refractivity contribution in [3.05, 3.63) is 0 Å². The summed E-state index contributed by atoms with van der Waals surface area (Å²) in [6.07, 6.45) is 3.31. The van der Waals surface area contributed by atoms with Gasteiger partial charge in [0.25, 0.3) is 0 Å². The molecule has 2 saturated heterocycles. The highest BCUT2D eigenvalue weighted by Crippen LogP contribution is 2.17. The maximum absolute atomic E-state index is 12.0. The van der Waals surface area contributed by atoms with Crippen LogP contribution in [0.1, 0.15) is 25.7 Å². The molecule has 1 radical (unpaired) electrons. The molecule has 0 aliphatic carbocycles. The van der Waals surface area contributed by atoms with Crippen LogP contribution in [0.3, 0.4) is 0 Å². The van der Waals surface area contributed by atoms with E-state index in [2.05, 4.69) is 5.32 Å². The standard InChI is InChI=1S/C11H13N2O4/c14-6-8(13-5-1-2-10(13)16)11(17)7-3-4-9(15)12-7/h7-8H,1-5H2,(H,12,15)/t7-,8?/m0/s1. The summed E-state index contributed by atoms with van der Waals surface area (Å²) in [4.78, 5) is 46.6. The summed E-state index contributed by atoms with van der Waals surface area (Å²) in [6.45, 7) is 0.408. The maximum atomic E-state index is 12.0. The highest BCUT2D eigenvalue weighted by molar-refractivity contribution is 6.05. The number of ketones is 1. The van der Waals surface area contributed by atoms with E-state index in [4.69, 9.17) is 0 Å². The molecule has 2 atom stereocenters. The molecule has 0 bridgehead atoms. The third-order valence-electron chi connectivity index (χ3n) is 3.14. The van der Waals surface area contributed by atoms with E-state index in [1.807, 2.05) is 0 Å². The number of hydrogen-bond donors (Lipinski definition) is 1. The van der Waals surface area contributed by atoms with E-state index in [9.17, 15) is 19.2 Å². The van der Waals surface area contributed by atoms with Gasteiger partial charge >= 0.3 is 0 Å². The lowest BCUT2D eigenvalue weighted by atomic mass is 10.0.